The van der Waals surface area contributed by atoms with Gasteiger partial charge in [-0.1, -0.05) is 0 Å². The smallest absolute Gasteiger partial charge is 0.272 e. The van der Waals surface area contributed by atoms with Gasteiger partial charge in [0.1, 0.15) is 17.3 Å². The van der Waals surface area contributed by atoms with E-state index in [-0.39, 0.29) is 23.1 Å². The van der Waals surface area contributed by atoms with E-state index < -0.39 is 17.5 Å². The molecule has 0 saturated heterocycles. The van der Waals surface area contributed by atoms with Gasteiger partial charge in [-0.3, -0.25) is 4.79 Å². The zero-order chi connectivity index (χ0) is 17.9. The van der Waals surface area contributed by atoms with Crippen LogP contribution in [0, 0.1) is 24.4 Å². The van der Waals surface area contributed by atoms with Crippen LogP contribution in [-0.4, -0.2) is 33.9 Å². The van der Waals surface area contributed by atoms with Crippen LogP contribution in [-0.2, 0) is 0 Å². The number of anilines is 2. The largest absolute Gasteiger partial charge is 0.338 e. The molecule has 0 radical (unpaired) electrons. The van der Waals surface area contributed by atoms with Crippen molar-refractivity contribution in [1.29, 1.82) is 0 Å². The van der Waals surface area contributed by atoms with Gasteiger partial charge in [0.15, 0.2) is 17.5 Å². The van der Waals surface area contributed by atoms with E-state index in [9.17, 15) is 18.0 Å². The molecule has 1 aromatic heterocycles. The van der Waals surface area contributed by atoms with E-state index in [0.717, 1.165) is 12.1 Å². The number of aromatic nitrogens is 2. The normalized spacial score (nSPS) is 10.6. The summed E-state index contributed by atoms with van der Waals surface area (Å²) in [6, 6.07) is 3.20. The van der Waals surface area contributed by atoms with Crippen LogP contribution in [0.1, 0.15) is 30.2 Å². The molecule has 0 aliphatic rings. The van der Waals surface area contributed by atoms with Crippen LogP contribution in [0.2, 0.25) is 0 Å². The number of nitrogens with zero attached hydrogens (tertiary/aromatic N) is 3. The number of hydrogen-bond donors (Lipinski definition) is 1. The van der Waals surface area contributed by atoms with Crippen LogP contribution in [0.25, 0.3) is 0 Å². The highest BCUT2D eigenvalue weighted by molar-refractivity contribution is 5.93. The molecule has 128 valence electrons. The maximum atomic E-state index is 13.7. The van der Waals surface area contributed by atoms with Crippen LogP contribution in [0.3, 0.4) is 0 Å². The Hall–Kier alpha value is -2.64. The van der Waals surface area contributed by atoms with Crippen LogP contribution in [0.5, 0.6) is 0 Å². The molecule has 0 atom stereocenters. The maximum absolute atomic E-state index is 13.7. The Labute approximate surface area is 137 Å². The molecule has 1 heterocycles. The summed E-state index contributed by atoms with van der Waals surface area (Å²) in [5.74, 6) is -4.11. The summed E-state index contributed by atoms with van der Waals surface area (Å²) in [6.07, 6.45) is 0. The fraction of sp³-hybridized carbons (Fsp3) is 0.312. The first-order chi connectivity index (χ1) is 11.4. The maximum Gasteiger partial charge on any atom is 0.272 e. The lowest BCUT2D eigenvalue weighted by molar-refractivity contribution is 0.0766. The van der Waals surface area contributed by atoms with Crippen molar-refractivity contribution in [2.24, 2.45) is 0 Å². The number of rotatable bonds is 5. The van der Waals surface area contributed by atoms with E-state index in [0.29, 0.717) is 18.9 Å². The molecule has 0 spiro atoms. The third-order valence-corrected chi connectivity index (χ3v) is 3.41. The molecule has 2 aromatic rings. The van der Waals surface area contributed by atoms with Gasteiger partial charge >= 0.3 is 0 Å². The SMILES string of the molecule is CCN(CC)C(=O)c1cc(Nc2ccc(F)c(F)c2F)nc(C)n1. The van der Waals surface area contributed by atoms with Crippen molar-refractivity contribution < 1.29 is 18.0 Å². The van der Waals surface area contributed by atoms with Crippen LogP contribution < -0.4 is 5.32 Å². The lowest BCUT2D eigenvalue weighted by atomic mass is 10.2. The van der Waals surface area contributed by atoms with Gasteiger partial charge in [-0.25, -0.2) is 23.1 Å². The molecule has 1 amide bonds. The van der Waals surface area contributed by atoms with E-state index in [1.54, 1.807) is 11.8 Å². The fourth-order valence-corrected chi connectivity index (χ4v) is 2.17. The van der Waals surface area contributed by atoms with Gasteiger partial charge < -0.3 is 10.2 Å². The molecule has 0 fully saturated rings. The quantitative estimate of drug-likeness (QED) is 0.849. The number of hydrogen-bond acceptors (Lipinski definition) is 4. The van der Waals surface area contributed by atoms with Crippen molar-refractivity contribution in [3.05, 3.63) is 47.2 Å². The number of benzene rings is 1. The number of carbonyl (C=O) groups excluding carboxylic acids is 1. The Kier molecular flexibility index (Phi) is 5.38. The molecule has 24 heavy (non-hydrogen) atoms. The summed E-state index contributed by atoms with van der Waals surface area (Å²) in [7, 11) is 0. The Morgan fingerprint density at radius 3 is 2.42 bits per heavy atom. The molecule has 1 aromatic carbocycles. The van der Waals surface area contributed by atoms with Gasteiger partial charge in [-0.15, -0.1) is 0 Å². The van der Waals surface area contributed by atoms with Gasteiger partial charge in [0.25, 0.3) is 5.91 Å². The second kappa shape index (κ2) is 7.29. The first-order valence-electron chi connectivity index (χ1n) is 7.42. The Morgan fingerprint density at radius 2 is 1.79 bits per heavy atom. The molecule has 2 rings (SSSR count). The van der Waals surface area contributed by atoms with Crippen LogP contribution in [0.4, 0.5) is 24.7 Å². The molecule has 8 heteroatoms. The van der Waals surface area contributed by atoms with Crippen molar-refractivity contribution in [2.45, 2.75) is 20.8 Å². The zero-order valence-electron chi connectivity index (χ0n) is 13.5. The van der Waals surface area contributed by atoms with Gasteiger partial charge in [0.2, 0.25) is 0 Å². The Bertz CT molecular complexity index is 763. The Balaban J connectivity index is 2.36. The lowest BCUT2D eigenvalue weighted by Crippen LogP contribution is -2.31. The van der Waals surface area contributed by atoms with Crippen LogP contribution >= 0.6 is 0 Å². The first-order valence-corrected chi connectivity index (χ1v) is 7.42. The second-order valence-electron chi connectivity index (χ2n) is 5.01. The van der Waals surface area contributed by atoms with Crippen molar-refractivity contribution in [1.82, 2.24) is 14.9 Å². The van der Waals surface area contributed by atoms with Crippen molar-refractivity contribution in [3.63, 3.8) is 0 Å². The molecule has 0 saturated carbocycles. The molecule has 0 aliphatic heterocycles. The predicted octanol–water partition coefficient (Wildman–Crippen LogP) is 3.43. The van der Waals surface area contributed by atoms with Crippen LogP contribution in [0.15, 0.2) is 18.2 Å². The average molecular weight is 338 g/mol. The third-order valence-electron chi connectivity index (χ3n) is 3.41. The van der Waals surface area contributed by atoms with Crippen molar-refractivity contribution in [2.75, 3.05) is 18.4 Å². The summed E-state index contributed by atoms with van der Waals surface area (Å²) in [6.45, 7) is 6.28. The van der Waals surface area contributed by atoms with Crippen molar-refractivity contribution >= 4 is 17.4 Å². The highest BCUT2D eigenvalue weighted by Gasteiger charge is 2.18. The van der Waals surface area contributed by atoms with E-state index in [1.807, 2.05) is 13.8 Å². The fourth-order valence-electron chi connectivity index (χ4n) is 2.17. The first kappa shape index (κ1) is 17.7. The lowest BCUT2D eigenvalue weighted by Gasteiger charge is -2.18. The Morgan fingerprint density at radius 1 is 1.12 bits per heavy atom. The monoisotopic (exact) mass is 338 g/mol. The highest BCUT2D eigenvalue weighted by Crippen LogP contribution is 2.23. The molecule has 0 aliphatic carbocycles. The number of nitrogens with one attached hydrogen (secondary N) is 1. The summed E-state index contributed by atoms with van der Waals surface area (Å²) in [5.41, 5.74) is -0.148. The highest BCUT2D eigenvalue weighted by atomic mass is 19.2. The number of carbonyl (C=O) groups is 1. The molecular weight excluding hydrogens is 321 g/mol. The molecular formula is C16H17F3N4O. The standard InChI is InChI=1S/C16H17F3N4O/c1-4-23(5-2)16(24)12-8-13(21-9(3)20-12)22-11-7-6-10(17)14(18)15(11)19/h6-8H,4-5H2,1-3H3,(H,20,21,22). The molecule has 0 bridgehead atoms. The summed E-state index contributed by atoms with van der Waals surface area (Å²) < 4.78 is 40.0. The van der Waals surface area contributed by atoms with Gasteiger partial charge in [0, 0.05) is 19.2 Å². The summed E-state index contributed by atoms with van der Waals surface area (Å²) >= 11 is 0. The minimum Gasteiger partial charge on any atom is -0.338 e. The number of amides is 1. The van der Waals surface area contributed by atoms with Gasteiger partial charge in [-0.2, -0.15) is 0 Å². The molecule has 5 nitrogen and oxygen atoms in total. The topological polar surface area (TPSA) is 58.1 Å². The predicted molar refractivity (Wildman–Crippen MR) is 83.6 cm³/mol. The number of aryl methyl sites for hydroxylation is 1. The van der Waals surface area contributed by atoms with E-state index in [4.69, 9.17) is 0 Å². The summed E-state index contributed by atoms with van der Waals surface area (Å²) in [4.78, 5) is 22.0. The van der Waals surface area contributed by atoms with Gasteiger partial charge in [-0.05, 0) is 32.9 Å². The summed E-state index contributed by atoms with van der Waals surface area (Å²) in [5, 5.41) is 2.55. The minimum absolute atomic E-state index is 0.114. The minimum atomic E-state index is -1.58. The molecule has 1 N–H and O–H groups in total. The van der Waals surface area contributed by atoms with E-state index >= 15 is 0 Å². The number of halogens is 3. The van der Waals surface area contributed by atoms with E-state index in [1.165, 1.54) is 6.07 Å². The third kappa shape index (κ3) is 3.64. The van der Waals surface area contributed by atoms with Gasteiger partial charge in [0.05, 0.1) is 5.69 Å². The zero-order valence-corrected chi connectivity index (χ0v) is 13.5. The molecule has 0 unspecified atom stereocenters. The van der Waals surface area contributed by atoms with E-state index in [2.05, 4.69) is 15.3 Å². The van der Waals surface area contributed by atoms with Crippen molar-refractivity contribution in [3.8, 4) is 0 Å². The average Bonchev–Trinajstić information content (AvgIpc) is 2.56. The second-order valence-corrected chi connectivity index (χ2v) is 5.01.